The number of ether oxygens (including phenoxy) is 2. The highest BCUT2D eigenvalue weighted by Gasteiger charge is 2.18. The van der Waals surface area contributed by atoms with Crippen LogP contribution in [-0.4, -0.2) is 7.11 Å². The Morgan fingerprint density at radius 2 is 1.45 bits per heavy atom. The summed E-state index contributed by atoms with van der Waals surface area (Å²) >= 11 is 0. The fourth-order valence-electron chi connectivity index (χ4n) is 2.19. The van der Waals surface area contributed by atoms with Crippen LogP contribution in [0, 0.1) is 0 Å². The van der Waals surface area contributed by atoms with E-state index in [-0.39, 0.29) is 5.41 Å². The Kier molecular flexibility index (Phi) is 4.33. The minimum atomic E-state index is 0.0668. The van der Waals surface area contributed by atoms with Gasteiger partial charge < -0.3 is 9.47 Å². The van der Waals surface area contributed by atoms with Crippen LogP contribution in [-0.2, 0) is 12.0 Å². The second-order valence-corrected chi connectivity index (χ2v) is 5.85. The molecule has 0 fully saturated rings. The van der Waals surface area contributed by atoms with Gasteiger partial charge in [0.1, 0.15) is 18.1 Å². The minimum absolute atomic E-state index is 0.0668. The number of rotatable bonds is 4. The van der Waals surface area contributed by atoms with E-state index in [4.69, 9.17) is 9.47 Å². The number of hydrogen-bond donors (Lipinski definition) is 0. The summed E-state index contributed by atoms with van der Waals surface area (Å²) in [6.45, 7) is 7.09. The zero-order valence-corrected chi connectivity index (χ0v) is 12.6. The highest BCUT2D eigenvalue weighted by molar-refractivity contribution is 5.39. The van der Waals surface area contributed by atoms with Gasteiger partial charge in [0.05, 0.1) is 7.11 Å². The van der Waals surface area contributed by atoms with E-state index in [1.54, 1.807) is 7.11 Å². The molecule has 0 heterocycles. The van der Waals surface area contributed by atoms with E-state index in [0.717, 1.165) is 17.1 Å². The fourth-order valence-corrected chi connectivity index (χ4v) is 2.19. The molecule has 0 radical (unpaired) electrons. The van der Waals surface area contributed by atoms with Crippen LogP contribution in [0.2, 0.25) is 0 Å². The van der Waals surface area contributed by atoms with Crippen molar-refractivity contribution in [2.45, 2.75) is 32.8 Å². The quantitative estimate of drug-likeness (QED) is 0.810. The molecule has 0 N–H and O–H groups in total. The van der Waals surface area contributed by atoms with Gasteiger partial charge in [-0.2, -0.15) is 0 Å². The van der Waals surface area contributed by atoms with Crippen molar-refractivity contribution in [1.29, 1.82) is 0 Å². The van der Waals surface area contributed by atoms with E-state index in [2.05, 4.69) is 32.9 Å². The Hall–Kier alpha value is -1.96. The summed E-state index contributed by atoms with van der Waals surface area (Å²) in [4.78, 5) is 0. The Morgan fingerprint density at radius 1 is 0.850 bits per heavy atom. The zero-order chi connectivity index (χ0) is 14.6. The second-order valence-electron chi connectivity index (χ2n) is 5.85. The summed E-state index contributed by atoms with van der Waals surface area (Å²) in [6, 6.07) is 16.1. The highest BCUT2D eigenvalue weighted by Crippen LogP contribution is 2.32. The molecule has 0 saturated carbocycles. The molecule has 0 aliphatic rings. The van der Waals surface area contributed by atoms with Crippen molar-refractivity contribution in [2.24, 2.45) is 0 Å². The van der Waals surface area contributed by atoms with E-state index < -0.39 is 0 Å². The predicted molar refractivity (Wildman–Crippen MR) is 82.5 cm³/mol. The molecule has 2 nitrogen and oxygen atoms in total. The summed E-state index contributed by atoms with van der Waals surface area (Å²) in [5.74, 6) is 1.80. The van der Waals surface area contributed by atoms with Crippen LogP contribution in [0.4, 0.5) is 0 Å². The average molecular weight is 270 g/mol. The number of methoxy groups -OCH3 is 1. The second kappa shape index (κ2) is 6.00. The average Bonchev–Trinajstić information content (AvgIpc) is 2.44. The molecule has 2 aromatic carbocycles. The first-order valence-corrected chi connectivity index (χ1v) is 6.86. The summed E-state index contributed by atoms with van der Waals surface area (Å²) in [5, 5.41) is 0. The number of para-hydroxylation sites is 2. The molecule has 0 bridgehead atoms. The maximum absolute atomic E-state index is 6.01. The van der Waals surface area contributed by atoms with Crippen molar-refractivity contribution in [3.63, 3.8) is 0 Å². The molecule has 0 amide bonds. The molecule has 0 spiro atoms. The molecule has 2 rings (SSSR count). The molecule has 20 heavy (non-hydrogen) atoms. The van der Waals surface area contributed by atoms with Gasteiger partial charge in [0.2, 0.25) is 0 Å². The molecule has 0 unspecified atom stereocenters. The van der Waals surface area contributed by atoms with Gasteiger partial charge in [0.25, 0.3) is 0 Å². The van der Waals surface area contributed by atoms with E-state index in [1.165, 1.54) is 5.56 Å². The molecule has 2 heteroatoms. The molecule has 0 saturated heterocycles. The van der Waals surface area contributed by atoms with Crippen molar-refractivity contribution in [3.8, 4) is 11.5 Å². The summed E-state index contributed by atoms with van der Waals surface area (Å²) in [6.07, 6.45) is 0. The first-order valence-electron chi connectivity index (χ1n) is 6.86. The van der Waals surface area contributed by atoms with Crippen molar-refractivity contribution in [2.75, 3.05) is 7.11 Å². The number of benzene rings is 2. The fraction of sp³-hybridized carbons (Fsp3) is 0.333. The molecule has 106 valence electrons. The third kappa shape index (κ3) is 3.32. The largest absolute Gasteiger partial charge is 0.496 e. The van der Waals surface area contributed by atoms with Crippen molar-refractivity contribution < 1.29 is 9.47 Å². The Labute approximate surface area is 121 Å². The van der Waals surface area contributed by atoms with Crippen LogP contribution >= 0.6 is 0 Å². The third-order valence-electron chi connectivity index (χ3n) is 3.27. The molecule has 0 atom stereocenters. The Bertz CT molecular complexity index is 568. The minimum Gasteiger partial charge on any atom is -0.496 e. The van der Waals surface area contributed by atoms with E-state index in [1.807, 2.05) is 36.4 Å². The van der Waals surface area contributed by atoms with Gasteiger partial charge >= 0.3 is 0 Å². The van der Waals surface area contributed by atoms with Crippen molar-refractivity contribution in [1.82, 2.24) is 0 Å². The monoisotopic (exact) mass is 270 g/mol. The predicted octanol–water partition coefficient (Wildman–Crippen LogP) is 4.57. The van der Waals surface area contributed by atoms with Gasteiger partial charge in [0.15, 0.2) is 0 Å². The van der Waals surface area contributed by atoms with Gasteiger partial charge in [0, 0.05) is 5.56 Å². The van der Waals surface area contributed by atoms with Crippen LogP contribution in [0.5, 0.6) is 11.5 Å². The lowest BCUT2D eigenvalue weighted by Crippen LogP contribution is -2.13. The zero-order valence-electron chi connectivity index (χ0n) is 12.6. The first-order chi connectivity index (χ1) is 9.52. The summed E-state index contributed by atoms with van der Waals surface area (Å²) in [7, 11) is 1.68. The Morgan fingerprint density at radius 3 is 2.10 bits per heavy atom. The first kappa shape index (κ1) is 14.4. The maximum Gasteiger partial charge on any atom is 0.125 e. The maximum atomic E-state index is 6.01. The van der Waals surface area contributed by atoms with Gasteiger partial charge in [-0.3, -0.25) is 0 Å². The van der Waals surface area contributed by atoms with Gasteiger partial charge in [-0.05, 0) is 23.1 Å². The molecular weight excluding hydrogens is 248 g/mol. The van der Waals surface area contributed by atoms with Crippen LogP contribution in [0.25, 0.3) is 0 Å². The van der Waals surface area contributed by atoms with Crippen LogP contribution in [0.15, 0.2) is 48.5 Å². The molecule has 0 aromatic heterocycles. The Balaban J connectivity index is 2.20. The van der Waals surface area contributed by atoms with Gasteiger partial charge in [-0.25, -0.2) is 0 Å². The lowest BCUT2D eigenvalue weighted by atomic mass is 9.86. The van der Waals surface area contributed by atoms with Crippen LogP contribution in [0.1, 0.15) is 31.9 Å². The molecule has 0 aliphatic carbocycles. The standard InChI is InChI=1S/C18H22O2/c1-18(2,3)15-10-6-8-12-17(15)20-13-14-9-5-7-11-16(14)19-4/h5-12H,13H2,1-4H3. The summed E-state index contributed by atoms with van der Waals surface area (Å²) in [5.41, 5.74) is 2.34. The van der Waals surface area contributed by atoms with Crippen LogP contribution in [0.3, 0.4) is 0 Å². The molecular formula is C18H22O2. The van der Waals surface area contributed by atoms with Gasteiger partial charge in [-0.1, -0.05) is 57.2 Å². The highest BCUT2D eigenvalue weighted by atomic mass is 16.5. The van der Waals surface area contributed by atoms with E-state index >= 15 is 0 Å². The van der Waals surface area contributed by atoms with Crippen LogP contribution < -0.4 is 9.47 Å². The van der Waals surface area contributed by atoms with E-state index in [0.29, 0.717) is 6.61 Å². The number of hydrogen-bond acceptors (Lipinski definition) is 2. The van der Waals surface area contributed by atoms with Gasteiger partial charge in [-0.15, -0.1) is 0 Å². The topological polar surface area (TPSA) is 18.5 Å². The normalized spacial score (nSPS) is 11.2. The molecule has 2 aromatic rings. The summed E-state index contributed by atoms with van der Waals surface area (Å²) < 4.78 is 11.4. The lowest BCUT2D eigenvalue weighted by Gasteiger charge is -2.22. The SMILES string of the molecule is COc1ccccc1COc1ccccc1C(C)(C)C. The third-order valence-corrected chi connectivity index (χ3v) is 3.27. The smallest absolute Gasteiger partial charge is 0.125 e. The van der Waals surface area contributed by atoms with E-state index in [9.17, 15) is 0 Å². The van der Waals surface area contributed by atoms with Crippen molar-refractivity contribution >= 4 is 0 Å². The van der Waals surface area contributed by atoms with Crippen molar-refractivity contribution in [3.05, 3.63) is 59.7 Å². The lowest BCUT2D eigenvalue weighted by molar-refractivity contribution is 0.289. The molecule has 0 aliphatic heterocycles.